The minimum Gasteiger partial charge on any atom is -0.207 e. The number of hydrogen-bond acceptors (Lipinski definition) is 2. The molecule has 0 heterocycles. The van der Waals surface area contributed by atoms with Crippen molar-refractivity contribution in [2.24, 2.45) is 0 Å². The van der Waals surface area contributed by atoms with Crippen molar-refractivity contribution < 1.29 is 8.42 Å². The van der Waals surface area contributed by atoms with Crippen molar-refractivity contribution in [2.75, 3.05) is 12.9 Å². The zero-order valence-electron chi connectivity index (χ0n) is 10.6. The van der Waals surface area contributed by atoms with Gasteiger partial charge in [-0.05, 0) is 32.4 Å². The second-order valence-corrected chi connectivity index (χ2v) is 6.57. The number of alkyl halides is 1. The molecule has 0 N–H and O–H groups in total. The first kappa shape index (κ1) is 14.5. The minimum atomic E-state index is -3.45. The summed E-state index contributed by atoms with van der Waals surface area (Å²) in [5, 5.41) is 0. The van der Waals surface area contributed by atoms with Gasteiger partial charge in [0, 0.05) is 19.0 Å². The summed E-state index contributed by atoms with van der Waals surface area (Å²) in [6, 6.07) is 5.10. The van der Waals surface area contributed by atoms with E-state index in [1.54, 1.807) is 33.0 Å². The van der Waals surface area contributed by atoms with Gasteiger partial charge in [0.15, 0.2) is 0 Å². The van der Waals surface area contributed by atoms with Crippen LogP contribution < -0.4 is 0 Å². The largest absolute Gasteiger partial charge is 0.243 e. The van der Waals surface area contributed by atoms with E-state index in [2.05, 4.69) is 0 Å². The van der Waals surface area contributed by atoms with E-state index in [4.69, 9.17) is 11.6 Å². The summed E-state index contributed by atoms with van der Waals surface area (Å²) in [5.41, 5.74) is 1.81. The molecule has 5 heteroatoms. The molecule has 3 nitrogen and oxygen atoms in total. The normalized spacial score (nSPS) is 14.0. The van der Waals surface area contributed by atoms with Gasteiger partial charge in [-0.1, -0.05) is 17.7 Å². The molecule has 0 aromatic heterocycles. The fourth-order valence-corrected chi connectivity index (χ4v) is 3.43. The molecule has 0 aliphatic carbocycles. The van der Waals surface area contributed by atoms with E-state index in [0.717, 1.165) is 11.1 Å². The number of hydrogen-bond donors (Lipinski definition) is 0. The Labute approximate surface area is 108 Å². The lowest BCUT2D eigenvalue weighted by Crippen LogP contribution is -2.36. The Morgan fingerprint density at radius 2 is 1.94 bits per heavy atom. The molecule has 0 aliphatic heterocycles. The maximum atomic E-state index is 12.3. The molecule has 1 aromatic rings. The van der Waals surface area contributed by atoms with Crippen LogP contribution in [-0.2, 0) is 10.0 Å². The number of nitrogens with zero attached hydrogens (tertiary/aromatic N) is 1. The highest BCUT2D eigenvalue weighted by Crippen LogP contribution is 2.21. The highest BCUT2D eigenvalue weighted by Gasteiger charge is 2.26. The van der Waals surface area contributed by atoms with Crippen molar-refractivity contribution in [3.8, 4) is 0 Å². The number of rotatable bonds is 4. The molecular formula is C12H18ClNO2S. The Morgan fingerprint density at radius 3 is 2.41 bits per heavy atom. The van der Waals surface area contributed by atoms with Gasteiger partial charge in [-0.3, -0.25) is 0 Å². The van der Waals surface area contributed by atoms with E-state index in [1.165, 1.54) is 4.31 Å². The van der Waals surface area contributed by atoms with Crippen LogP contribution in [0.15, 0.2) is 23.1 Å². The van der Waals surface area contributed by atoms with Gasteiger partial charge in [-0.25, -0.2) is 8.42 Å². The first-order valence-corrected chi connectivity index (χ1v) is 7.39. The number of benzene rings is 1. The van der Waals surface area contributed by atoms with Crippen molar-refractivity contribution >= 4 is 21.6 Å². The van der Waals surface area contributed by atoms with Crippen molar-refractivity contribution in [3.63, 3.8) is 0 Å². The predicted molar refractivity (Wildman–Crippen MR) is 71.0 cm³/mol. The van der Waals surface area contributed by atoms with Gasteiger partial charge < -0.3 is 0 Å². The summed E-state index contributed by atoms with van der Waals surface area (Å²) in [6.45, 7) is 5.53. The smallest absolute Gasteiger partial charge is 0.207 e. The first-order chi connectivity index (χ1) is 7.80. The van der Waals surface area contributed by atoms with E-state index in [9.17, 15) is 8.42 Å². The van der Waals surface area contributed by atoms with Gasteiger partial charge in [-0.15, -0.1) is 11.6 Å². The second-order valence-electron chi connectivity index (χ2n) is 4.29. The fraction of sp³-hybridized carbons (Fsp3) is 0.500. The Hall–Kier alpha value is -0.580. The topological polar surface area (TPSA) is 37.4 Å². The van der Waals surface area contributed by atoms with Crippen LogP contribution in [0.1, 0.15) is 18.1 Å². The highest BCUT2D eigenvalue weighted by molar-refractivity contribution is 7.89. The number of halogens is 1. The lowest BCUT2D eigenvalue weighted by atomic mass is 10.2. The second kappa shape index (κ2) is 5.38. The molecule has 0 radical (unpaired) electrons. The third-order valence-electron chi connectivity index (χ3n) is 2.83. The monoisotopic (exact) mass is 275 g/mol. The zero-order chi connectivity index (χ0) is 13.2. The van der Waals surface area contributed by atoms with Crippen LogP contribution in [-0.4, -0.2) is 31.7 Å². The van der Waals surface area contributed by atoms with Crippen LogP contribution >= 0.6 is 11.6 Å². The summed E-state index contributed by atoms with van der Waals surface area (Å²) >= 11 is 5.70. The average molecular weight is 276 g/mol. The fourth-order valence-electron chi connectivity index (χ4n) is 1.58. The van der Waals surface area contributed by atoms with E-state index in [1.807, 2.05) is 13.0 Å². The minimum absolute atomic E-state index is 0.220. The molecule has 0 amide bonds. The molecule has 1 unspecified atom stereocenters. The maximum absolute atomic E-state index is 12.3. The molecule has 96 valence electrons. The van der Waals surface area contributed by atoms with Gasteiger partial charge in [-0.2, -0.15) is 4.31 Å². The van der Waals surface area contributed by atoms with Crippen LogP contribution in [0.25, 0.3) is 0 Å². The van der Waals surface area contributed by atoms with Gasteiger partial charge in [0.25, 0.3) is 0 Å². The summed E-state index contributed by atoms with van der Waals surface area (Å²) in [7, 11) is -1.89. The number of sulfonamides is 1. The van der Waals surface area contributed by atoms with Gasteiger partial charge in [0.05, 0.1) is 4.90 Å². The van der Waals surface area contributed by atoms with E-state index in [0.29, 0.717) is 4.90 Å². The van der Waals surface area contributed by atoms with Gasteiger partial charge >= 0.3 is 0 Å². The van der Waals surface area contributed by atoms with Crippen molar-refractivity contribution in [1.82, 2.24) is 4.31 Å². The van der Waals surface area contributed by atoms with Gasteiger partial charge in [0.2, 0.25) is 10.0 Å². The summed E-state index contributed by atoms with van der Waals surface area (Å²) in [6.07, 6.45) is 0. The molecule has 1 rings (SSSR count). The lowest BCUT2D eigenvalue weighted by Gasteiger charge is -2.23. The Morgan fingerprint density at radius 1 is 1.35 bits per heavy atom. The Balaban J connectivity index is 3.22. The molecule has 0 fully saturated rings. The van der Waals surface area contributed by atoms with E-state index >= 15 is 0 Å². The maximum Gasteiger partial charge on any atom is 0.243 e. The number of aryl methyl sites for hydroxylation is 2. The summed E-state index contributed by atoms with van der Waals surface area (Å²) in [4.78, 5) is 0.350. The Kier molecular flexibility index (Phi) is 4.58. The standard InChI is InChI=1S/C12H18ClNO2S/c1-9-5-6-12(10(2)7-9)17(15,16)14(4)11(3)8-13/h5-7,11H,8H2,1-4H3. The molecular weight excluding hydrogens is 258 g/mol. The molecule has 0 saturated heterocycles. The van der Waals surface area contributed by atoms with E-state index in [-0.39, 0.29) is 11.9 Å². The van der Waals surface area contributed by atoms with E-state index < -0.39 is 10.0 Å². The summed E-state index contributed by atoms with van der Waals surface area (Å²) < 4.78 is 26.0. The van der Waals surface area contributed by atoms with Crippen LogP contribution in [0.5, 0.6) is 0 Å². The average Bonchev–Trinajstić information content (AvgIpc) is 2.26. The van der Waals surface area contributed by atoms with Crippen LogP contribution in [0.3, 0.4) is 0 Å². The Bertz CT molecular complexity index is 499. The van der Waals surface area contributed by atoms with Gasteiger partial charge in [0.1, 0.15) is 0 Å². The van der Waals surface area contributed by atoms with Crippen LogP contribution in [0.4, 0.5) is 0 Å². The van der Waals surface area contributed by atoms with Crippen LogP contribution in [0, 0.1) is 13.8 Å². The third-order valence-corrected chi connectivity index (χ3v) is 5.41. The van der Waals surface area contributed by atoms with Crippen molar-refractivity contribution in [1.29, 1.82) is 0 Å². The third kappa shape index (κ3) is 3.00. The zero-order valence-corrected chi connectivity index (χ0v) is 12.1. The van der Waals surface area contributed by atoms with Crippen molar-refractivity contribution in [2.45, 2.75) is 31.7 Å². The molecule has 0 spiro atoms. The first-order valence-electron chi connectivity index (χ1n) is 5.42. The lowest BCUT2D eigenvalue weighted by molar-refractivity contribution is 0.413. The molecule has 0 saturated carbocycles. The molecule has 17 heavy (non-hydrogen) atoms. The SMILES string of the molecule is Cc1ccc(S(=O)(=O)N(C)C(C)CCl)c(C)c1. The molecule has 0 aliphatic rings. The quantitative estimate of drug-likeness (QED) is 0.792. The molecule has 1 atom stereocenters. The highest BCUT2D eigenvalue weighted by atomic mass is 35.5. The predicted octanol–water partition coefficient (Wildman–Crippen LogP) is 2.55. The molecule has 1 aromatic carbocycles. The van der Waals surface area contributed by atoms with Crippen molar-refractivity contribution in [3.05, 3.63) is 29.3 Å². The molecule has 0 bridgehead atoms. The van der Waals surface area contributed by atoms with Crippen LogP contribution in [0.2, 0.25) is 0 Å². The summed E-state index contributed by atoms with van der Waals surface area (Å²) in [5.74, 6) is 0.278.